The predicted octanol–water partition coefficient (Wildman–Crippen LogP) is 4.83. The summed E-state index contributed by atoms with van der Waals surface area (Å²) in [6, 6.07) is 8.35. The van der Waals surface area contributed by atoms with Crippen LogP contribution in [-0.2, 0) is 6.54 Å². The summed E-state index contributed by atoms with van der Waals surface area (Å²) in [6.45, 7) is 5.20. The van der Waals surface area contributed by atoms with Crippen LogP contribution in [0.4, 0.5) is 5.00 Å². The third-order valence-corrected chi connectivity index (χ3v) is 4.66. The minimum atomic E-state index is 0.842. The lowest BCUT2D eigenvalue weighted by Crippen LogP contribution is -2.00. The summed E-state index contributed by atoms with van der Waals surface area (Å²) in [5.74, 6) is 0.974. The fourth-order valence-electron chi connectivity index (χ4n) is 2.47. The summed E-state index contributed by atoms with van der Waals surface area (Å²) in [5.41, 5.74) is 9.36. The Balaban J connectivity index is 2.28. The molecule has 0 spiro atoms. The van der Waals surface area contributed by atoms with E-state index in [2.05, 4.69) is 58.6 Å². The highest BCUT2D eigenvalue weighted by atomic mass is 79.9. The van der Waals surface area contributed by atoms with Crippen molar-refractivity contribution < 1.29 is 0 Å². The number of hydrogen-bond donors (Lipinski definition) is 1. The van der Waals surface area contributed by atoms with Crippen molar-refractivity contribution in [2.75, 3.05) is 5.73 Å². The second-order valence-corrected chi connectivity index (χ2v) is 7.06. The van der Waals surface area contributed by atoms with Crippen LogP contribution in [0.5, 0.6) is 0 Å². The molecule has 0 radical (unpaired) electrons. The van der Waals surface area contributed by atoms with Gasteiger partial charge in [-0.2, -0.15) is 0 Å². The van der Waals surface area contributed by atoms with Crippen molar-refractivity contribution in [1.82, 2.24) is 9.55 Å². The van der Waals surface area contributed by atoms with Gasteiger partial charge in [0.15, 0.2) is 0 Å². The number of fused-ring (bicyclic) bond motifs is 1. The van der Waals surface area contributed by atoms with Crippen LogP contribution >= 0.6 is 27.3 Å². The number of halogens is 1. The highest BCUT2D eigenvalue weighted by Gasteiger charge is 2.16. The smallest absolute Gasteiger partial charge is 0.144 e. The molecule has 0 unspecified atom stereocenters. The summed E-state index contributed by atoms with van der Waals surface area (Å²) >= 11 is 5.13. The molecule has 0 aliphatic carbocycles. The first-order valence-electron chi connectivity index (χ1n) is 6.62. The number of rotatable bonds is 3. The number of hydrogen-bond acceptors (Lipinski definition) is 3. The number of aromatic nitrogens is 2. The third-order valence-electron chi connectivity index (χ3n) is 3.28. The summed E-state index contributed by atoms with van der Waals surface area (Å²) < 4.78 is 3.31. The zero-order valence-electron chi connectivity index (χ0n) is 11.5. The van der Waals surface area contributed by atoms with E-state index in [4.69, 9.17) is 10.7 Å². The van der Waals surface area contributed by atoms with Crippen LogP contribution in [0.3, 0.4) is 0 Å². The van der Waals surface area contributed by atoms with Gasteiger partial charge in [0.1, 0.15) is 5.82 Å². The molecule has 2 heterocycles. The van der Waals surface area contributed by atoms with Crippen molar-refractivity contribution in [2.24, 2.45) is 0 Å². The zero-order valence-corrected chi connectivity index (χ0v) is 13.9. The minimum Gasteiger partial charge on any atom is -0.390 e. The van der Waals surface area contributed by atoms with Gasteiger partial charge in [-0.15, -0.1) is 11.3 Å². The largest absolute Gasteiger partial charge is 0.390 e. The number of nitrogens with zero attached hydrogens (tertiary/aromatic N) is 2. The molecule has 104 valence electrons. The lowest BCUT2D eigenvalue weighted by atomic mass is 10.2. The Kier molecular flexibility index (Phi) is 3.56. The van der Waals surface area contributed by atoms with E-state index in [1.807, 2.05) is 0 Å². The van der Waals surface area contributed by atoms with Gasteiger partial charge in [-0.25, -0.2) is 4.98 Å². The number of thiophene rings is 1. The van der Waals surface area contributed by atoms with Gasteiger partial charge in [-0.3, -0.25) is 0 Å². The third kappa shape index (κ3) is 2.25. The molecule has 0 saturated heterocycles. The van der Waals surface area contributed by atoms with Crippen LogP contribution in [0.25, 0.3) is 22.4 Å². The Hall–Kier alpha value is -1.33. The lowest BCUT2D eigenvalue weighted by molar-refractivity contribution is 0.704. The van der Waals surface area contributed by atoms with E-state index in [9.17, 15) is 0 Å². The maximum atomic E-state index is 6.15. The number of anilines is 1. The van der Waals surface area contributed by atoms with Crippen molar-refractivity contribution in [3.63, 3.8) is 0 Å². The Bertz CT molecular complexity index is 773. The van der Waals surface area contributed by atoms with Crippen molar-refractivity contribution in [3.8, 4) is 11.4 Å². The first-order chi connectivity index (χ1) is 9.60. The average molecular weight is 350 g/mol. The first kappa shape index (κ1) is 13.6. The van der Waals surface area contributed by atoms with Crippen LogP contribution in [0.2, 0.25) is 0 Å². The van der Waals surface area contributed by atoms with Gasteiger partial charge in [-0.05, 0) is 37.6 Å². The van der Waals surface area contributed by atoms with E-state index in [0.717, 1.165) is 44.9 Å². The summed E-state index contributed by atoms with van der Waals surface area (Å²) in [5, 5.41) is 0.842. The minimum absolute atomic E-state index is 0.842. The molecule has 0 saturated carbocycles. The second kappa shape index (κ2) is 5.22. The molecule has 1 aromatic carbocycles. The van der Waals surface area contributed by atoms with E-state index < -0.39 is 0 Å². The van der Waals surface area contributed by atoms with Gasteiger partial charge >= 0.3 is 0 Å². The summed E-state index contributed by atoms with van der Waals surface area (Å²) in [4.78, 5) is 6.01. The maximum Gasteiger partial charge on any atom is 0.144 e. The maximum absolute atomic E-state index is 6.15. The topological polar surface area (TPSA) is 43.8 Å². The standard InChI is InChI=1S/C15H16BrN3S/c1-3-6-19-13-5-4-10(16)8-12(13)18-15(19)11-7-9(2)20-14(11)17/h4-5,7-8H,3,6,17H2,1-2H3. The number of imidazole rings is 1. The molecule has 0 bridgehead atoms. The van der Waals surface area contributed by atoms with E-state index in [-0.39, 0.29) is 0 Å². The molecule has 2 N–H and O–H groups in total. The van der Waals surface area contributed by atoms with Crippen molar-refractivity contribution in [3.05, 3.63) is 33.6 Å². The quantitative estimate of drug-likeness (QED) is 0.735. The fraction of sp³-hybridized carbons (Fsp3) is 0.267. The van der Waals surface area contributed by atoms with Crippen LogP contribution in [0.15, 0.2) is 28.7 Å². The molecule has 0 aliphatic rings. The van der Waals surface area contributed by atoms with E-state index in [1.165, 1.54) is 4.88 Å². The molecule has 3 nitrogen and oxygen atoms in total. The zero-order chi connectivity index (χ0) is 14.3. The second-order valence-electron chi connectivity index (χ2n) is 4.86. The summed E-state index contributed by atoms with van der Waals surface area (Å²) in [6.07, 6.45) is 1.07. The Labute approximate surface area is 130 Å². The van der Waals surface area contributed by atoms with Crippen molar-refractivity contribution >= 4 is 43.3 Å². The van der Waals surface area contributed by atoms with Crippen LogP contribution < -0.4 is 5.73 Å². The van der Waals surface area contributed by atoms with Crippen LogP contribution in [0, 0.1) is 6.92 Å². The highest BCUT2D eigenvalue weighted by molar-refractivity contribution is 9.10. The van der Waals surface area contributed by atoms with Gasteiger partial charge < -0.3 is 10.3 Å². The first-order valence-corrected chi connectivity index (χ1v) is 8.23. The average Bonchev–Trinajstić information content (AvgIpc) is 2.90. The van der Waals surface area contributed by atoms with Gasteiger partial charge in [0.2, 0.25) is 0 Å². The predicted molar refractivity (Wildman–Crippen MR) is 90.2 cm³/mol. The molecule has 20 heavy (non-hydrogen) atoms. The van der Waals surface area contributed by atoms with Crippen LogP contribution in [-0.4, -0.2) is 9.55 Å². The number of nitrogens with two attached hydrogens (primary N) is 1. The lowest BCUT2D eigenvalue weighted by Gasteiger charge is -2.07. The van der Waals surface area contributed by atoms with E-state index in [1.54, 1.807) is 11.3 Å². The molecular formula is C15H16BrN3S. The Morgan fingerprint density at radius 1 is 1.35 bits per heavy atom. The molecule has 0 amide bonds. The SMILES string of the molecule is CCCn1c(-c2cc(C)sc2N)nc2cc(Br)ccc21. The molecule has 5 heteroatoms. The molecule has 3 rings (SSSR count). The summed E-state index contributed by atoms with van der Waals surface area (Å²) in [7, 11) is 0. The molecule has 0 atom stereocenters. The number of benzene rings is 1. The Morgan fingerprint density at radius 2 is 2.15 bits per heavy atom. The van der Waals surface area contributed by atoms with Gasteiger partial charge in [0.25, 0.3) is 0 Å². The van der Waals surface area contributed by atoms with Gasteiger partial charge in [-0.1, -0.05) is 22.9 Å². The Morgan fingerprint density at radius 3 is 2.80 bits per heavy atom. The van der Waals surface area contributed by atoms with Gasteiger partial charge in [0.05, 0.1) is 21.6 Å². The molecule has 0 fully saturated rings. The van der Waals surface area contributed by atoms with Crippen molar-refractivity contribution in [2.45, 2.75) is 26.8 Å². The fourth-order valence-corrected chi connectivity index (χ4v) is 3.60. The highest BCUT2D eigenvalue weighted by Crippen LogP contribution is 2.35. The molecular weight excluding hydrogens is 334 g/mol. The van der Waals surface area contributed by atoms with Crippen molar-refractivity contribution in [1.29, 1.82) is 0 Å². The van der Waals surface area contributed by atoms with Crippen LogP contribution in [0.1, 0.15) is 18.2 Å². The normalized spacial score (nSPS) is 11.3. The number of nitrogen functional groups attached to an aromatic ring is 1. The monoisotopic (exact) mass is 349 g/mol. The molecule has 2 aromatic heterocycles. The van der Waals surface area contributed by atoms with E-state index >= 15 is 0 Å². The number of aryl methyl sites for hydroxylation is 2. The molecule has 0 aliphatic heterocycles. The van der Waals surface area contributed by atoms with Gasteiger partial charge in [0, 0.05) is 15.9 Å². The molecule has 3 aromatic rings. The van der Waals surface area contributed by atoms with E-state index in [0.29, 0.717) is 0 Å².